The van der Waals surface area contributed by atoms with Crippen LogP contribution in [0.15, 0.2) is 35.7 Å². The maximum Gasteiger partial charge on any atom is 0.161 e. The lowest BCUT2D eigenvalue weighted by Gasteiger charge is -2.12. The third-order valence-corrected chi connectivity index (χ3v) is 4.25. The zero-order valence-electron chi connectivity index (χ0n) is 13.4. The van der Waals surface area contributed by atoms with Crippen LogP contribution >= 0.6 is 11.3 Å². The number of methoxy groups -OCH3 is 1. The van der Waals surface area contributed by atoms with Gasteiger partial charge in [-0.3, -0.25) is 0 Å². The molecule has 0 unspecified atom stereocenters. The Morgan fingerprint density at radius 2 is 2.13 bits per heavy atom. The van der Waals surface area contributed by atoms with Gasteiger partial charge in [0.05, 0.1) is 13.2 Å². The summed E-state index contributed by atoms with van der Waals surface area (Å²) in [6.07, 6.45) is 2.60. The van der Waals surface area contributed by atoms with Gasteiger partial charge in [-0.2, -0.15) is 5.26 Å². The van der Waals surface area contributed by atoms with Gasteiger partial charge in [-0.1, -0.05) is 12.1 Å². The lowest BCUT2D eigenvalue weighted by Crippen LogP contribution is -2.14. The average molecular weight is 330 g/mol. The summed E-state index contributed by atoms with van der Waals surface area (Å²) in [6.45, 7) is 2.26. The van der Waals surface area contributed by atoms with Crippen LogP contribution in [0.2, 0.25) is 0 Å². The first kappa shape index (κ1) is 17.3. The fraction of sp³-hybridized carbons (Fsp3) is 0.389. The molecule has 122 valence electrons. The maximum atomic E-state index is 8.49. The number of hydrogen-bond acceptors (Lipinski definition) is 5. The summed E-state index contributed by atoms with van der Waals surface area (Å²) < 4.78 is 11.3. The van der Waals surface area contributed by atoms with Crippen molar-refractivity contribution in [3.05, 3.63) is 46.2 Å². The van der Waals surface area contributed by atoms with Crippen molar-refractivity contribution in [2.75, 3.05) is 13.7 Å². The SMILES string of the molecule is COc1cc(CNCCCCC#N)ccc1OCc1cccs1. The molecule has 1 aromatic heterocycles. The molecule has 1 heterocycles. The molecule has 5 heteroatoms. The minimum absolute atomic E-state index is 0.560. The minimum atomic E-state index is 0.560. The zero-order chi connectivity index (χ0) is 16.3. The summed E-state index contributed by atoms with van der Waals surface area (Å²) in [6, 6.07) is 12.3. The Bertz CT molecular complexity index is 620. The van der Waals surface area contributed by atoms with Crippen LogP contribution in [0.4, 0.5) is 0 Å². The molecule has 0 saturated heterocycles. The molecule has 23 heavy (non-hydrogen) atoms. The first-order chi connectivity index (χ1) is 11.3. The molecule has 0 bridgehead atoms. The van der Waals surface area contributed by atoms with Crippen molar-refractivity contribution >= 4 is 11.3 Å². The number of nitriles is 1. The number of rotatable bonds is 10. The monoisotopic (exact) mass is 330 g/mol. The first-order valence-corrected chi connectivity index (χ1v) is 8.61. The number of hydrogen-bond donors (Lipinski definition) is 1. The lowest BCUT2D eigenvalue weighted by molar-refractivity contribution is 0.287. The first-order valence-electron chi connectivity index (χ1n) is 7.73. The van der Waals surface area contributed by atoms with E-state index in [4.69, 9.17) is 14.7 Å². The highest BCUT2D eigenvalue weighted by Crippen LogP contribution is 2.29. The van der Waals surface area contributed by atoms with Gasteiger partial charge in [0.25, 0.3) is 0 Å². The number of nitrogens with one attached hydrogen (secondary N) is 1. The number of nitrogens with zero attached hydrogens (tertiary/aromatic N) is 1. The molecule has 2 rings (SSSR count). The average Bonchev–Trinajstić information content (AvgIpc) is 3.10. The molecule has 0 aliphatic heterocycles. The van der Waals surface area contributed by atoms with Crippen LogP contribution in [0.1, 0.15) is 29.7 Å². The fourth-order valence-corrected chi connectivity index (χ4v) is 2.79. The predicted octanol–water partition coefficient (Wildman–Crippen LogP) is 4.12. The van der Waals surface area contributed by atoms with Crippen molar-refractivity contribution in [2.24, 2.45) is 0 Å². The van der Waals surface area contributed by atoms with E-state index in [-0.39, 0.29) is 0 Å². The Morgan fingerprint density at radius 3 is 2.87 bits per heavy atom. The van der Waals surface area contributed by atoms with E-state index in [0.717, 1.165) is 43.0 Å². The van der Waals surface area contributed by atoms with Crippen molar-refractivity contribution in [1.82, 2.24) is 5.32 Å². The Balaban J connectivity index is 1.82. The van der Waals surface area contributed by atoms with Gasteiger partial charge in [0.1, 0.15) is 6.61 Å². The summed E-state index contributed by atoms with van der Waals surface area (Å²) in [5, 5.41) is 13.9. The second kappa shape index (κ2) is 9.88. The van der Waals surface area contributed by atoms with E-state index in [1.165, 1.54) is 4.88 Å². The Hall–Kier alpha value is -2.03. The van der Waals surface area contributed by atoms with Gasteiger partial charge in [0.2, 0.25) is 0 Å². The third kappa shape index (κ3) is 5.93. The van der Waals surface area contributed by atoms with E-state index in [1.54, 1.807) is 18.4 Å². The van der Waals surface area contributed by atoms with Crippen LogP contribution < -0.4 is 14.8 Å². The normalized spacial score (nSPS) is 10.3. The second-order valence-electron chi connectivity index (χ2n) is 5.15. The maximum absolute atomic E-state index is 8.49. The quantitative estimate of drug-likeness (QED) is 0.666. The van der Waals surface area contributed by atoms with Gasteiger partial charge in [0, 0.05) is 17.8 Å². The summed E-state index contributed by atoms with van der Waals surface area (Å²) in [5.41, 5.74) is 1.16. The van der Waals surface area contributed by atoms with Gasteiger partial charge in [-0.15, -0.1) is 11.3 Å². The van der Waals surface area contributed by atoms with E-state index >= 15 is 0 Å². The summed E-state index contributed by atoms with van der Waals surface area (Å²) in [4.78, 5) is 1.19. The molecule has 0 aliphatic carbocycles. The molecule has 0 fully saturated rings. The Morgan fingerprint density at radius 1 is 1.22 bits per heavy atom. The Labute approximate surface area is 141 Å². The van der Waals surface area contributed by atoms with E-state index in [1.807, 2.05) is 23.6 Å². The fourth-order valence-electron chi connectivity index (χ4n) is 2.17. The van der Waals surface area contributed by atoms with Crippen LogP contribution in [-0.2, 0) is 13.2 Å². The zero-order valence-corrected chi connectivity index (χ0v) is 14.2. The topological polar surface area (TPSA) is 54.3 Å². The van der Waals surface area contributed by atoms with E-state index in [2.05, 4.69) is 23.5 Å². The van der Waals surface area contributed by atoms with Crippen LogP contribution in [0.25, 0.3) is 0 Å². The molecular weight excluding hydrogens is 308 g/mol. The van der Waals surface area contributed by atoms with Gasteiger partial charge < -0.3 is 14.8 Å². The smallest absolute Gasteiger partial charge is 0.161 e. The van der Waals surface area contributed by atoms with Gasteiger partial charge >= 0.3 is 0 Å². The van der Waals surface area contributed by atoms with Crippen LogP contribution in [0.5, 0.6) is 11.5 Å². The number of unbranched alkanes of at least 4 members (excludes halogenated alkanes) is 2. The molecule has 0 spiro atoms. The van der Waals surface area contributed by atoms with Crippen LogP contribution in [-0.4, -0.2) is 13.7 Å². The molecule has 0 radical (unpaired) electrons. The molecule has 4 nitrogen and oxygen atoms in total. The highest BCUT2D eigenvalue weighted by atomic mass is 32.1. The molecular formula is C18H22N2O2S. The molecule has 0 saturated carbocycles. The van der Waals surface area contributed by atoms with Crippen molar-refractivity contribution in [3.8, 4) is 17.6 Å². The van der Waals surface area contributed by atoms with Gasteiger partial charge in [-0.25, -0.2) is 0 Å². The third-order valence-electron chi connectivity index (χ3n) is 3.40. The van der Waals surface area contributed by atoms with E-state index < -0.39 is 0 Å². The molecule has 0 amide bonds. The molecule has 1 N–H and O–H groups in total. The standard InChI is InChI=1S/C18H22N2O2S/c1-21-18-12-15(13-20-10-4-2-3-9-19)7-8-17(18)22-14-16-6-5-11-23-16/h5-8,11-12,20H,2-4,10,13-14H2,1H3. The molecule has 1 aromatic carbocycles. The van der Waals surface area contributed by atoms with E-state index in [9.17, 15) is 0 Å². The van der Waals surface area contributed by atoms with Crippen molar-refractivity contribution in [1.29, 1.82) is 5.26 Å². The summed E-state index contributed by atoms with van der Waals surface area (Å²) in [7, 11) is 1.66. The van der Waals surface area contributed by atoms with Gasteiger partial charge in [-0.05, 0) is 48.5 Å². The summed E-state index contributed by atoms with van der Waals surface area (Å²) >= 11 is 1.68. The molecule has 0 atom stereocenters. The molecule has 0 aliphatic rings. The molecule has 2 aromatic rings. The Kier molecular flexibility index (Phi) is 7.44. The number of benzene rings is 1. The predicted molar refractivity (Wildman–Crippen MR) is 92.8 cm³/mol. The summed E-state index contributed by atoms with van der Waals surface area (Å²) in [5.74, 6) is 1.52. The van der Waals surface area contributed by atoms with Crippen LogP contribution in [0, 0.1) is 11.3 Å². The van der Waals surface area contributed by atoms with Crippen molar-refractivity contribution in [2.45, 2.75) is 32.4 Å². The number of ether oxygens (including phenoxy) is 2. The van der Waals surface area contributed by atoms with Crippen molar-refractivity contribution < 1.29 is 9.47 Å². The highest BCUT2D eigenvalue weighted by molar-refractivity contribution is 7.09. The number of thiophene rings is 1. The van der Waals surface area contributed by atoms with Crippen molar-refractivity contribution in [3.63, 3.8) is 0 Å². The highest BCUT2D eigenvalue weighted by Gasteiger charge is 2.06. The van der Waals surface area contributed by atoms with Gasteiger partial charge in [0.15, 0.2) is 11.5 Å². The lowest BCUT2D eigenvalue weighted by atomic mass is 10.2. The van der Waals surface area contributed by atoms with Crippen LogP contribution in [0.3, 0.4) is 0 Å². The second-order valence-corrected chi connectivity index (χ2v) is 6.18. The minimum Gasteiger partial charge on any atom is -0.493 e. The largest absolute Gasteiger partial charge is 0.493 e. The van der Waals surface area contributed by atoms with E-state index in [0.29, 0.717) is 13.0 Å².